The van der Waals surface area contributed by atoms with Gasteiger partial charge in [0.25, 0.3) is 5.91 Å². The Morgan fingerprint density at radius 3 is 2.67 bits per heavy atom. The third kappa shape index (κ3) is 4.76. The Bertz CT molecular complexity index is 619. The fourth-order valence-corrected chi connectivity index (χ4v) is 2.52. The molecule has 0 aromatic heterocycles. The number of amides is 1. The minimum atomic E-state index is -0.591. The van der Waals surface area contributed by atoms with Gasteiger partial charge in [-0.25, -0.2) is 0 Å². The molecule has 0 aliphatic carbocycles. The van der Waals surface area contributed by atoms with Crippen molar-refractivity contribution in [3.05, 3.63) is 63.6 Å². The first kappa shape index (κ1) is 15.9. The van der Waals surface area contributed by atoms with E-state index in [2.05, 4.69) is 21.2 Å². The molecule has 1 atom stereocenters. The lowest BCUT2D eigenvalue weighted by Crippen LogP contribution is -2.35. The first-order valence-electron chi connectivity index (χ1n) is 6.49. The monoisotopic (exact) mass is 367 g/mol. The summed E-state index contributed by atoms with van der Waals surface area (Å²) in [7, 11) is 0. The molecule has 0 spiro atoms. The topological polar surface area (TPSA) is 38.3 Å². The van der Waals surface area contributed by atoms with Crippen LogP contribution in [-0.4, -0.2) is 12.0 Å². The molecule has 5 heteroatoms. The maximum absolute atomic E-state index is 12.0. The van der Waals surface area contributed by atoms with Crippen LogP contribution in [0.1, 0.15) is 12.5 Å². The molecule has 2 rings (SSSR count). The van der Waals surface area contributed by atoms with Gasteiger partial charge < -0.3 is 10.1 Å². The lowest BCUT2D eigenvalue weighted by molar-refractivity contribution is -0.127. The van der Waals surface area contributed by atoms with Gasteiger partial charge in [-0.2, -0.15) is 0 Å². The third-order valence-electron chi connectivity index (χ3n) is 2.88. The molecular weight excluding hydrogens is 354 g/mol. The zero-order chi connectivity index (χ0) is 15.2. The van der Waals surface area contributed by atoms with Gasteiger partial charge >= 0.3 is 0 Å². The normalized spacial score (nSPS) is 11.8. The molecule has 3 nitrogen and oxygen atoms in total. The molecule has 0 saturated heterocycles. The number of carbonyl (C=O) groups excluding carboxylic acids is 1. The lowest BCUT2D eigenvalue weighted by atomic mass is 10.2. The number of carbonyl (C=O) groups is 1. The van der Waals surface area contributed by atoms with E-state index in [9.17, 15) is 4.79 Å². The first-order valence-corrected chi connectivity index (χ1v) is 7.66. The quantitative estimate of drug-likeness (QED) is 0.859. The summed E-state index contributed by atoms with van der Waals surface area (Å²) in [6.07, 6.45) is -0.591. The van der Waals surface area contributed by atoms with Gasteiger partial charge in [0, 0.05) is 11.6 Å². The van der Waals surface area contributed by atoms with Gasteiger partial charge in [-0.15, -0.1) is 0 Å². The Kier molecular flexibility index (Phi) is 5.65. The smallest absolute Gasteiger partial charge is 0.261 e. The van der Waals surface area contributed by atoms with Crippen LogP contribution in [0.5, 0.6) is 5.75 Å². The van der Waals surface area contributed by atoms with E-state index in [1.54, 1.807) is 25.1 Å². The Morgan fingerprint density at radius 2 is 2.00 bits per heavy atom. The van der Waals surface area contributed by atoms with Crippen molar-refractivity contribution in [3.8, 4) is 5.75 Å². The molecular formula is C16H15BrClNO2. The molecule has 0 heterocycles. The summed E-state index contributed by atoms with van der Waals surface area (Å²) < 4.78 is 6.35. The van der Waals surface area contributed by atoms with Crippen molar-refractivity contribution >= 4 is 33.4 Å². The molecule has 0 bridgehead atoms. The standard InChI is InChI=1S/C16H15BrClNO2/c1-11(21-15-8-7-13(18)9-14(15)17)16(20)19-10-12-5-3-2-4-6-12/h2-9,11H,10H2,1H3,(H,19,20)/t11-/m1/s1. The Hall–Kier alpha value is -1.52. The highest BCUT2D eigenvalue weighted by atomic mass is 79.9. The zero-order valence-electron chi connectivity index (χ0n) is 11.5. The summed E-state index contributed by atoms with van der Waals surface area (Å²) in [5, 5.41) is 3.45. The molecule has 2 aromatic carbocycles. The zero-order valence-corrected chi connectivity index (χ0v) is 13.8. The molecule has 0 radical (unpaired) electrons. The average molecular weight is 369 g/mol. The predicted octanol–water partition coefficient (Wildman–Crippen LogP) is 4.19. The second kappa shape index (κ2) is 7.48. The van der Waals surface area contributed by atoms with E-state index in [4.69, 9.17) is 16.3 Å². The number of hydrogen-bond donors (Lipinski definition) is 1. The van der Waals surface area contributed by atoms with Gasteiger partial charge in [0.2, 0.25) is 0 Å². The molecule has 0 fully saturated rings. The first-order chi connectivity index (χ1) is 10.1. The lowest BCUT2D eigenvalue weighted by Gasteiger charge is -2.16. The van der Waals surface area contributed by atoms with Crippen LogP contribution in [0.2, 0.25) is 5.02 Å². The van der Waals surface area contributed by atoms with Crippen LogP contribution >= 0.6 is 27.5 Å². The van der Waals surface area contributed by atoms with E-state index < -0.39 is 6.10 Å². The third-order valence-corrected chi connectivity index (χ3v) is 3.73. The van der Waals surface area contributed by atoms with Gasteiger partial charge in [0.05, 0.1) is 4.47 Å². The van der Waals surface area contributed by atoms with Crippen LogP contribution in [0.15, 0.2) is 53.0 Å². The predicted molar refractivity (Wildman–Crippen MR) is 87.5 cm³/mol. The number of rotatable bonds is 5. The summed E-state index contributed by atoms with van der Waals surface area (Å²) in [5.41, 5.74) is 1.05. The Labute approximate surface area is 137 Å². The van der Waals surface area contributed by atoms with Crippen molar-refractivity contribution < 1.29 is 9.53 Å². The maximum atomic E-state index is 12.0. The summed E-state index contributed by atoms with van der Waals surface area (Å²) in [6.45, 7) is 2.19. The van der Waals surface area contributed by atoms with Crippen LogP contribution in [0.3, 0.4) is 0 Å². The summed E-state index contributed by atoms with van der Waals surface area (Å²) in [5.74, 6) is 0.419. The molecule has 1 N–H and O–H groups in total. The summed E-state index contributed by atoms with van der Waals surface area (Å²) in [4.78, 5) is 12.0. The van der Waals surface area contributed by atoms with Crippen LogP contribution in [0.4, 0.5) is 0 Å². The minimum absolute atomic E-state index is 0.166. The number of benzene rings is 2. The van der Waals surface area contributed by atoms with E-state index in [-0.39, 0.29) is 5.91 Å². The SMILES string of the molecule is C[C@@H](Oc1ccc(Cl)cc1Br)C(=O)NCc1ccccc1. The fraction of sp³-hybridized carbons (Fsp3) is 0.188. The number of ether oxygens (including phenoxy) is 1. The van der Waals surface area contributed by atoms with Crippen LogP contribution in [0.25, 0.3) is 0 Å². The van der Waals surface area contributed by atoms with E-state index in [0.29, 0.717) is 17.3 Å². The van der Waals surface area contributed by atoms with Gasteiger partial charge in [-0.1, -0.05) is 41.9 Å². The van der Waals surface area contributed by atoms with Crippen molar-refractivity contribution in [1.82, 2.24) is 5.32 Å². The second-order valence-corrected chi connectivity index (χ2v) is 5.83. The van der Waals surface area contributed by atoms with E-state index in [0.717, 1.165) is 10.0 Å². The van der Waals surface area contributed by atoms with Crippen LogP contribution in [0, 0.1) is 0 Å². The summed E-state index contributed by atoms with van der Waals surface area (Å²) >= 11 is 9.23. The largest absolute Gasteiger partial charge is 0.480 e. The highest BCUT2D eigenvalue weighted by Gasteiger charge is 2.15. The van der Waals surface area contributed by atoms with Crippen LogP contribution < -0.4 is 10.1 Å². The minimum Gasteiger partial charge on any atom is -0.480 e. The number of hydrogen-bond acceptors (Lipinski definition) is 2. The highest BCUT2D eigenvalue weighted by molar-refractivity contribution is 9.10. The van der Waals surface area contributed by atoms with Gasteiger partial charge in [0.15, 0.2) is 6.10 Å². The van der Waals surface area contributed by atoms with Crippen molar-refractivity contribution in [2.24, 2.45) is 0 Å². The molecule has 1 amide bonds. The molecule has 21 heavy (non-hydrogen) atoms. The van der Waals surface area contributed by atoms with Crippen molar-refractivity contribution in [3.63, 3.8) is 0 Å². The molecule has 0 saturated carbocycles. The Morgan fingerprint density at radius 1 is 1.29 bits per heavy atom. The van der Waals surface area contributed by atoms with Gasteiger partial charge in [-0.3, -0.25) is 4.79 Å². The molecule has 110 valence electrons. The molecule has 0 aliphatic heterocycles. The van der Waals surface area contributed by atoms with Crippen LogP contribution in [-0.2, 0) is 11.3 Å². The maximum Gasteiger partial charge on any atom is 0.261 e. The van der Waals surface area contributed by atoms with Gasteiger partial charge in [0.1, 0.15) is 5.75 Å². The number of nitrogens with one attached hydrogen (secondary N) is 1. The van der Waals surface area contributed by atoms with Gasteiger partial charge in [-0.05, 0) is 46.6 Å². The van der Waals surface area contributed by atoms with Crippen molar-refractivity contribution in [2.75, 3.05) is 0 Å². The van der Waals surface area contributed by atoms with Crippen molar-refractivity contribution in [2.45, 2.75) is 19.6 Å². The fourth-order valence-electron chi connectivity index (χ4n) is 1.74. The highest BCUT2D eigenvalue weighted by Crippen LogP contribution is 2.28. The second-order valence-electron chi connectivity index (χ2n) is 4.54. The van der Waals surface area contributed by atoms with E-state index >= 15 is 0 Å². The number of halogens is 2. The summed E-state index contributed by atoms with van der Waals surface area (Å²) in [6, 6.07) is 14.9. The molecule has 0 aliphatic rings. The van der Waals surface area contributed by atoms with E-state index in [1.165, 1.54) is 0 Å². The molecule has 2 aromatic rings. The Balaban J connectivity index is 1.90. The molecule has 0 unspecified atom stereocenters. The van der Waals surface area contributed by atoms with Crippen molar-refractivity contribution in [1.29, 1.82) is 0 Å². The van der Waals surface area contributed by atoms with E-state index in [1.807, 2.05) is 30.3 Å². The average Bonchev–Trinajstić information content (AvgIpc) is 2.48.